The highest BCUT2D eigenvalue weighted by Crippen LogP contribution is 2.28. The average molecular weight is 333 g/mol. The van der Waals surface area contributed by atoms with Crippen LogP contribution in [0.2, 0.25) is 0 Å². The van der Waals surface area contributed by atoms with E-state index in [1.165, 1.54) is 7.05 Å². The summed E-state index contributed by atoms with van der Waals surface area (Å²) in [4.78, 5) is 12.8. The molecule has 4 heteroatoms. The molecule has 0 saturated heterocycles. The van der Waals surface area contributed by atoms with Gasteiger partial charge in [0.2, 0.25) is 0 Å². The van der Waals surface area contributed by atoms with Crippen LogP contribution in [0.5, 0.6) is 0 Å². The van der Waals surface area contributed by atoms with E-state index in [1.807, 2.05) is 60.7 Å². The van der Waals surface area contributed by atoms with Crippen molar-refractivity contribution in [3.8, 4) is 0 Å². The molecule has 0 aliphatic heterocycles. The van der Waals surface area contributed by atoms with Gasteiger partial charge in [-0.05, 0) is 23.3 Å². The Bertz CT molecular complexity index is 793. The summed E-state index contributed by atoms with van der Waals surface area (Å²) in [5, 5.41) is 10.7. The molecule has 0 heterocycles. The van der Waals surface area contributed by atoms with E-state index in [0.29, 0.717) is 11.3 Å². The van der Waals surface area contributed by atoms with Crippen LogP contribution < -0.4 is 5.06 Å². The zero-order valence-corrected chi connectivity index (χ0v) is 13.9. The van der Waals surface area contributed by atoms with E-state index >= 15 is 0 Å². The maximum atomic E-state index is 12.8. The van der Waals surface area contributed by atoms with Gasteiger partial charge < -0.3 is 4.74 Å². The van der Waals surface area contributed by atoms with Gasteiger partial charge in [-0.15, -0.1) is 0 Å². The largest absolute Gasteiger partial charge is 0.449 e. The van der Waals surface area contributed by atoms with Crippen molar-refractivity contribution >= 4 is 11.7 Å². The number of hydrogen-bond acceptors (Lipinski definition) is 4. The van der Waals surface area contributed by atoms with Gasteiger partial charge in [-0.1, -0.05) is 72.8 Å². The number of benzene rings is 3. The van der Waals surface area contributed by atoms with Gasteiger partial charge in [-0.25, -0.2) is 4.79 Å². The van der Waals surface area contributed by atoms with E-state index < -0.39 is 12.1 Å². The Hall–Kier alpha value is -3.11. The Morgan fingerprint density at radius 1 is 0.840 bits per heavy atom. The van der Waals surface area contributed by atoms with Crippen LogP contribution in [-0.2, 0) is 4.74 Å². The number of rotatable bonds is 5. The van der Waals surface area contributed by atoms with Crippen LogP contribution in [0.1, 0.15) is 27.6 Å². The van der Waals surface area contributed by atoms with Gasteiger partial charge in [0, 0.05) is 7.05 Å². The van der Waals surface area contributed by atoms with E-state index in [-0.39, 0.29) is 0 Å². The van der Waals surface area contributed by atoms with Crippen LogP contribution in [0.15, 0.2) is 84.9 Å². The minimum atomic E-state index is -0.521. The van der Waals surface area contributed by atoms with E-state index in [9.17, 15) is 10.0 Å². The van der Waals surface area contributed by atoms with Gasteiger partial charge in [-0.2, -0.15) is 0 Å². The predicted molar refractivity (Wildman–Crippen MR) is 96.8 cm³/mol. The molecule has 0 fully saturated rings. The Labute approximate surface area is 146 Å². The Kier molecular flexibility index (Phi) is 5.11. The highest BCUT2D eigenvalue weighted by atomic mass is 16.5. The summed E-state index contributed by atoms with van der Waals surface area (Å²) in [5.41, 5.74) is 2.48. The first-order chi connectivity index (χ1) is 12.2. The number of nitrogens with zero attached hydrogens (tertiary/aromatic N) is 1. The van der Waals surface area contributed by atoms with Crippen molar-refractivity contribution < 1.29 is 14.7 Å². The third kappa shape index (κ3) is 3.87. The normalized spacial score (nSPS) is 10.5. The molecule has 4 nitrogen and oxygen atoms in total. The summed E-state index contributed by atoms with van der Waals surface area (Å²) in [6, 6.07) is 26.0. The molecule has 0 aliphatic carbocycles. The van der Waals surface area contributed by atoms with Crippen molar-refractivity contribution in [2.24, 2.45) is 0 Å². The van der Waals surface area contributed by atoms with Crippen molar-refractivity contribution in [1.82, 2.24) is 0 Å². The fourth-order valence-corrected chi connectivity index (χ4v) is 2.68. The SMILES string of the molecule is CN(O)c1ccccc1C(=O)OC(c1ccccc1)c1ccccc1. The van der Waals surface area contributed by atoms with Crippen molar-refractivity contribution in [3.63, 3.8) is 0 Å². The fraction of sp³-hybridized carbons (Fsp3) is 0.0952. The minimum Gasteiger partial charge on any atom is -0.449 e. The molecule has 0 amide bonds. The van der Waals surface area contributed by atoms with Crippen molar-refractivity contribution in [1.29, 1.82) is 0 Å². The molecule has 0 unspecified atom stereocenters. The summed E-state index contributed by atoms with van der Waals surface area (Å²) in [6.45, 7) is 0. The lowest BCUT2D eigenvalue weighted by molar-refractivity contribution is 0.0377. The zero-order valence-electron chi connectivity index (χ0n) is 13.9. The number of carbonyl (C=O) groups excluding carboxylic acids is 1. The maximum Gasteiger partial charge on any atom is 0.341 e. The molecule has 3 aromatic rings. The first-order valence-electron chi connectivity index (χ1n) is 7.99. The first-order valence-corrected chi connectivity index (χ1v) is 7.99. The summed E-state index contributed by atoms with van der Waals surface area (Å²) in [7, 11) is 1.47. The maximum absolute atomic E-state index is 12.8. The minimum absolute atomic E-state index is 0.310. The molecule has 0 bridgehead atoms. The molecule has 0 radical (unpaired) electrons. The van der Waals surface area contributed by atoms with Gasteiger partial charge in [0.25, 0.3) is 0 Å². The molecular weight excluding hydrogens is 314 g/mol. The molecule has 3 rings (SSSR count). The molecule has 0 aromatic heterocycles. The standard InChI is InChI=1S/C21H19NO3/c1-22(24)19-15-9-8-14-18(19)21(23)25-20(16-10-4-2-5-11-16)17-12-6-3-7-13-17/h2-15,20,24H,1H3. The van der Waals surface area contributed by atoms with Gasteiger partial charge in [-0.3, -0.25) is 10.3 Å². The summed E-state index contributed by atoms with van der Waals surface area (Å²) >= 11 is 0. The van der Waals surface area contributed by atoms with Gasteiger partial charge in [0.15, 0.2) is 6.10 Å². The van der Waals surface area contributed by atoms with Gasteiger partial charge in [0.1, 0.15) is 0 Å². The van der Waals surface area contributed by atoms with Crippen LogP contribution in [0.4, 0.5) is 5.69 Å². The Morgan fingerprint density at radius 3 is 1.84 bits per heavy atom. The Morgan fingerprint density at radius 2 is 1.32 bits per heavy atom. The number of ether oxygens (including phenoxy) is 1. The van der Waals surface area contributed by atoms with Gasteiger partial charge in [0.05, 0.1) is 11.3 Å². The predicted octanol–water partition coefficient (Wildman–Crippen LogP) is 4.46. The fourth-order valence-electron chi connectivity index (χ4n) is 2.68. The van der Waals surface area contributed by atoms with E-state index in [0.717, 1.165) is 16.2 Å². The van der Waals surface area contributed by atoms with Crippen LogP contribution in [0.3, 0.4) is 0 Å². The lowest BCUT2D eigenvalue weighted by Gasteiger charge is -2.21. The van der Waals surface area contributed by atoms with Crippen LogP contribution >= 0.6 is 0 Å². The number of hydrogen-bond donors (Lipinski definition) is 1. The van der Waals surface area contributed by atoms with Crippen molar-refractivity contribution in [2.45, 2.75) is 6.10 Å². The molecule has 0 atom stereocenters. The monoisotopic (exact) mass is 333 g/mol. The lowest BCUT2D eigenvalue weighted by Crippen LogP contribution is -2.18. The van der Waals surface area contributed by atoms with Crippen molar-refractivity contribution in [3.05, 3.63) is 102 Å². The molecule has 0 saturated carbocycles. The average Bonchev–Trinajstić information content (AvgIpc) is 2.67. The number of anilines is 1. The molecule has 1 N–H and O–H groups in total. The highest BCUT2D eigenvalue weighted by Gasteiger charge is 2.22. The van der Waals surface area contributed by atoms with Gasteiger partial charge >= 0.3 is 5.97 Å². The number of esters is 1. The third-order valence-electron chi connectivity index (χ3n) is 3.90. The topological polar surface area (TPSA) is 49.8 Å². The lowest BCUT2D eigenvalue weighted by atomic mass is 10.0. The zero-order chi connectivity index (χ0) is 17.6. The van der Waals surface area contributed by atoms with E-state index in [4.69, 9.17) is 4.74 Å². The molecule has 0 aliphatic rings. The van der Waals surface area contributed by atoms with E-state index in [2.05, 4.69) is 0 Å². The number of hydroxylamine groups is 1. The van der Waals surface area contributed by atoms with Crippen LogP contribution in [-0.4, -0.2) is 18.2 Å². The highest BCUT2D eigenvalue weighted by molar-refractivity contribution is 5.95. The molecule has 3 aromatic carbocycles. The van der Waals surface area contributed by atoms with E-state index in [1.54, 1.807) is 24.3 Å². The molecular formula is C21H19NO3. The first kappa shape index (κ1) is 16.7. The smallest absolute Gasteiger partial charge is 0.341 e. The van der Waals surface area contributed by atoms with Crippen LogP contribution in [0, 0.1) is 0 Å². The third-order valence-corrected chi connectivity index (χ3v) is 3.90. The molecule has 126 valence electrons. The molecule has 25 heavy (non-hydrogen) atoms. The quantitative estimate of drug-likeness (QED) is 0.553. The second kappa shape index (κ2) is 7.64. The number of carbonyl (C=O) groups is 1. The number of para-hydroxylation sites is 1. The summed E-state index contributed by atoms with van der Waals surface area (Å²) < 4.78 is 5.82. The summed E-state index contributed by atoms with van der Waals surface area (Å²) in [6.07, 6.45) is -0.521. The summed E-state index contributed by atoms with van der Waals surface area (Å²) in [5.74, 6) is -0.491. The second-order valence-electron chi connectivity index (χ2n) is 5.65. The second-order valence-corrected chi connectivity index (χ2v) is 5.65. The van der Waals surface area contributed by atoms with Crippen molar-refractivity contribution in [2.75, 3.05) is 12.1 Å². The Balaban J connectivity index is 1.95. The van der Waals surface area contributed by atoms with Crippen LogP contribution in [0.25, 0.3) is 0 Å². The molecule has 0 spiro atoms.